The van der Waals surface area contributed by atoms with Gasteiger partial charge >= 0.3 is 0 Å². The summed E-state index contributed by atoms with van der Waals surface area (Å²) in [7, 11) is 0. The van der Waals surface area contributed by atoms with Crippen molar-refractivity contribution in [1.82, 2.24) is 10.2 Å². The van der Waals surface area contributed by atoms with Gasteiger partial charge in [-0.25, -0.2) is 0 Å². The molecule has 2 aliphatic rings. The van der Waals surface area contributed by atoms with Crippen LogP contribution in [0.3, 0.4) is 0 Å². The molecule has 2 rings (SSSR count). The Bertz CT molecular complexity index is 223. The quantitative estimate of drug-likeness (QED) is 0.780. The highest BCUT2D eigenvalue weighted by molar-refractivity contribution is 7.99. The zero-order chi connectivity index (χ0) is 10.7. The third-order valence-electron chi connectivity index (χ3n) is 3.38. The molecule has 2 unspecified atom stereocenters. The van der Waals surface area contributed by atoms with Crippen molar-refractivity contribution in [3.8, 4) is 0 Å². The van der Waals surface area contributed by atoms with Crippen molar-refractivity contribution in [1.29, 1.82) is 0 Å². The van der Waals surface area contributed by atoms with Crippen LogP contribution < -0.4 is 5.32 Å². The van der Waals surface area contributed by atoms with Gasteiger partial charge in [0.1, 0.15) is 0 Å². The van der Waals surface area contributed by atoms with Crippen LogP contribution in [-0.2, 0) is 4.79 Å². The Morgan fingerprint density at radius 2 is 2.40 bits per heavy atom. The number of hydrogen-bond donors (Lipinski definition) is 1. The molecule has 1 amide bonds. The van der Waals surface area contributed by atoms with E-state index in [0.717, 1.165) is 31.8 Å². The second-order valence-corrected chi connectivity index (χ2v) is 5.48. The minimum Gasteiger partial charge on any atom is -0.339 e. The van der Waals surface area contributed by atoms with Gasteiger partial charge in [0.2, 0.25) is 5.91 Å². The molecular weight excluding hydrogens is 208 g/mol. The molecule has 0 saturated carbocycles. The van der Waals surface area contributed by atoms with Crippen molar-refractivity contribution < 1.29 is 4.79 Å². The van der Waals surface area contributed by atoms with Crippen LogP contribution in [0.25, 0.3) is 0 Å². The second-order valence-electron chi connectivity index (χ2n) is 4.33. The second kappa shape index (κ2) is 5.21. The molecule has 1 N–H and O–H groups in total. The summed E-state index contributed by atoms with van der Waals surface area (Å²) in [5.41, 5.74) is 0. The average Bonchev–Trinajstić information content (AvgIpc) is 2.91. The van der Waals surface area contributed by atoms with E-state index >= 15 is 0 Å². The first-order valence-corrected chi connectivity index (χ1v) is 7.07. The standard InChI is InChI=1S/C11H20N2OS/c1-2-13(10-4-6-15-8-10)11(14)9-3-5-12-7-9/h9-10,12H,2-8H2,1H3. The molecule has 3 nitrogen and oxygen atoms in total. The lowest BCUT2D eigenvalue weighted by atomic mass is 10.1. The summed E-state index contributed by atoms with van der Waals surface area (Å²) in [6.45, 7) is 4.87. The van der Waals surface area contributed by atoms with E-state index in [4.69, 9.17) is 0 Å². The van der Waals surface area contributed by atoms with Gasteiger partial charge < -0.3 is 10.2 Å². The number of nitrogens with zero attached hydrogens (tertiary/aromatic N) is 1. The monoisotopic (exact) mass is 228 g/mol. The fourth-order valence-corrected chi connectivity index (χ4v) is 3.69. The minimum atomic E-state index is 0.246. The number of nitrogens with one attached hydrogen (secondary N) is 1. The predicted molar refractivity (Wildman–Crippen MR) is 64.1 cm³/mol. The third-order valence-corrected chi connectivity index (χ3v) is 4.52. The molecule has 0 aromatic heterocycles. The molecular formula is C11H20N2OS. The highest BCUT2D eigenvalue weighted by Gasteiger charge is 2.31. The molecule has 0 aromatic rings. The molecule has 2 atom stereocenters. The maximum absolute atomic E-state index is 12.2. The Balaban J connectivity index is 1.95. The van der Waals surface area contributed by atoms with Crippen molar-refractivity contribution in [2.24, 2.45) is 5.92 Å². The SMILES string of the molecule is CCN(C(=O)C1CCNC1)C1CCSC1. The van der Waals surface area contributed by atoms with E-state index in [9.17, 15) is 4.79 Å². The maximum atomic E-state index is 12.2. The lowest BCUT2D eigenvalue weighted by molar-refractivity contribution is -0.136. The van der Waals surface area contributed by atoms with Gasteiger partial charge in [0.25, 0.3) is 0 Å². The Labute approximate surface area is 96.0 Å². The Hall–Kier alpha value is -0.220. The van der Waals surface area contributed by atoms with Crippen molar-refractivity contribution in [2.45, 2.75) is 25.8 Å². The van der Waals surface area contributed by atoms with Crippen molar-refractivity contribution >= 4 is 17.7 Å². The van der Waals surface area contributed by atoms with E-state index in [1.807, 2.05) is 11.8 Å². The van der Waals surface area contributed by atoms with E-state index < -0.39 is 0 Å². The lowest BCUT2D eigenvalue weighted by Gasteiger charge is -2.29. The molecule has 0 radical (unpaired) electrons. The number of thioether (sulfide) groups is 1. The van der Waals surface area contributed by atoms with Crippen LogP contribution in [0.5, 0.6) is 0 Å². The Kier molecular flexibility index (Phi) is 3.92. The summed E-state index contributed by atoms with van der Waals surface area (Å²) in [6, 6.07) is 0.507. The van der Waals surface area contributed by atoms with E-state index in [2.05, 4.69) is 17.1 Å². The summed E-state index contributed by atoms with van der Waals surface area (Å²) >= 11 is 1.98. The molecule has 2 saturated heterocycles. The van der Waals surface area contributed by atoms with Crippen LogP contribution in [0, 0.1) is 5.92 Å². The summed E-state index contributed by atoms with van der Waals surface area (Å²) in [5.74, 6) is 2.99. The summed E-state index contributed by atoms with van der Waals surface area (Å²) in [6.07, 6.45) is 2.21. The zero-order valence-corrected chi connectivity index (χ0v) is 10.2. The molecule has 86 valence electrons. The van der Waals surface area contributed by atoms with Crippen LogP contribution in [-0.4, -0.2) is 48.0 Å². The largest absolute Gasteiger partial charge is 0.339 e. The molecule has 4 heteroatoms. The van der Waals surface area contributed by atoms with E-state index in [0.29, 0.717) is 11.9 Å². The van der Waals surface area contributed by atoms with Crippen LogP contribution in [0.4, 0.5) is 0 Å². The smallest absolute Gasteiger partial charge is 0.227 e. The number of amides is 1. The fraction of sp³-hybridized carbons (Fsp3) is 0.909. The van der Waals surface area contributed by atoms with Gasteiger partial charge in [-0.3, -0.25) is 4.79 Å². The Morgan fingerprint density at radius 3 is 2.93 bits per heavy atom. The minimum absolute atomic E-state index is 0.246. The van der Waals surface area contributed by atoms with Crippen LogP contribution >= 0.6 is 11.8 Å². The molecule has 2 aliphatic heterocycles. The Morgan fingerprint density at radius 1 is 1.53 bits per heavy atom. The molecule has 2 heterocycles. The first kappa shape index (κ1) is 11.3. The summed E-state index contributed by atoms with van der Waals surface area (Å²) in [5, 5.41) is 3.27. The van der Waals surface area contributed by atoms with E-state index in [1.54, 1.807) is 0 Å². The molecule has 15 heavy (non-hydrogen) atoms. The lowest BCUT2D eigenvalue weighted by Crippen LogP contribution is -2.44. The molecule has 2 fully saturated rings. The van der Waals surface area contributed by atoms with E-state index in [1.165, 1.54) is 12.2 Å². The van der Waals surface area contributed by atoms with Gasteiger partial charge in [0.15, 0.2) is 0 Å². The number of carbonyl (C=O) groups excluding carboxylic acids is 1. The molecule has 0 spiro atoms. The highest BCUT2D eigenvalue weighted by atomic mass is 32.2. The molecule has 0 aromatic carbocycles. The number of rotatable bonds is 3. The van der Waals surface area contributed by atoms with E-state index in [-0.39, 0.29) is 5.92 Å². The maximum Gasteiger partial charge on any atom is 0.227 e. The van der Waals surface area contributed by atoms with Gasteiger partial charge in [0, 0.05) is 24.9 Å². The van der Waals surface area contributed by atoms with Crippen molar-refractivity contribution in [3.05, 3.63) is 0 Å². The summed E-state index contributed by atoms with van der Waals surface area (Å²) < 4.78 is 0. The van der Waals surface area contributed by atoms with Crippen molar-refractivity contribution in [3.63, 3.8) is 0 Å². The fourth-order valence-electron chi connectivity index (χ4n) is 2.46. The molecule has 0 bridgehead atoms. The van der Waals surface area contributed by atoms with Gasteiger partial charge in [-0.1, -0.05) is 0 Å². The van der Waals surface area contributed by atoms with Gasteiger partial charge in [-0.15, -0.1) is 0 Å². The molecule has 0 aliphatic carbocycles. The number of hydrogen-bond acceptors (Lipinski definition) is 3. The third kappa shape index (κ3) is 2.48. The van der Waals surface area contributed by atoms with Gasteiger partial charge in [-0.05, 0) is 32.1 Å². The predicted octanol–water partition coefficient (Wildman–Crippen LogP) is 0.950. The zero-order valence-electron chi connectivity index (χ0n) is 9.37. The van der Waals surface area contributed by atoms with Gasteiger partial charge in [0.05, 0.1) is 5.92 Å². The van der Waals surface area contributed by atoms with Gasteiger partial charge in [-0.2, -0.15) is 11.8 Å². The first-order chi connectivity index (χ1) is 7.33. The summed E-state index contributed by atoms with van der Waals surface area (Å²) in [4.78, 5) is 14.3. The number of carbonyl (C=O) groups is 1. The normalized spacial score (nSPS) is 30.7. The van der Waals surface area contributed by atoms with Crippen LogP contribution in [0.15, 0.2) is 0 Å². The highest BCUT2D eigenvalue weighted by Crippen LogP contribution is 2.24. The topological polar surface area (TPSA) is 32.3 Å². The van der Waals surface area contributed by atoms with Crippen molar-refractivity contribution in [2.75, 3.05) is 31.1 Å². The first-order valence-electron chi connectivity index (χ1n) is 5.92. The van der Waals surface area contributed by atoms with Crippen LogP contribution in [0.1, 0.15) is 19.8 Å². The average molecular weight is 228 g/mol. The van der Waals surface area contributed by atoms with Crippen LogP contribution in [0.2, 0.25) is 0 Å².